The molecule has 3 heterocycles. The van der Waals surface area contributed by atoms with Crippen molar-refractivity contribution in [1.29, 1.82) is 0 Å². The van der Waals surface area contributed by atoms with Crippen LogP contribution in [0.15, 0.2) is 150 Å². The van der Waals surface area contributed by atoms with Crippen LogP contribution in [0.3, 0.4) is 0 Å². The van der Waals surface area contributed by atoms with E-state index in [4.69, 9.17) is 9.72 Å². The zero-order valence-corrected chi connectivity index (χ0v) is 30.7. The van der Waals surface area contributed by atoms with Gasteiger partial charge in [0.1, 0.15) is 0 Å². The Balaban J connectivity index is 1.60. The Morgan fingerprint density at radius 3 is 1.72 bits per heavy atom. The van der Waals surface area contributed by atoms with Crippen LogP contribution in [0.5, 0.6) is 0 Å². The number of aromatic nitrogens is 2. The molecular weight excluding hydrogens is 798 g/mol. The molecule has 229 valence electrons. The number of nitrogens with zero attached hydrogens (tertiary/aromatic N) is 2. The predicted molar refractivity (Wildman–Crippen MR) is 196 cm³/mol. The van der Waals surface area contributed by atoms with Gasteiger partial charge in [0.05, 0.1) is 0 Å². The summed E-state index contributed by atoms with van der Waals surface area (Å²) in [7, 11) is -2.38. The van der Waals surface area contributed by atoms with Crippen molar-refractivity contribution in [3.05, 3.63) is 160 Å². The summed E-state index contributed by atoms with van der Waals surface area (Å²) in [5.74, 6) is 0. The number of benzene rings is 3. The van der Waals surface area contributed by atoms with Crippen LogP contribution < -0.4 is 15.9 Å². The summed E-state index contributed by atoms with van der Waals surface area (Å²) in [6.45, 7) is 5.32. The minimum absolute atomic E-state index is 0.588. The summed E-state index contributed by atoms with van der Waals surface area (Å²) in [6, 6.07) is 32.9. The Kier molecular flexibility index (Phi) is 10.8. The summed E-state index contributed by atoms with van der Waals surface area (Å²) in [6.07, 6.45) is 16.8. The molecule has 0 atom stereocenters. The van der Waals surface area contributed by atoms with Crippen LogP contribution in [0.2, 0.25) is 0 Å². The van der Waals surface area contributed by atoms with Gasteiger partial charge in [0.2, 0.25) is 0 Å². The van der Waals surface area contributed by atoms with E-state index in [-0.39, 0.29) is 0 Å². The van der Waals surface area contributed by atoms with E-state index in [1.54, 1.807) is 40.6 Å². The summed E-state index contributed by atoms with van der Waals surface area (Å²) in [5.41, 5.74) is 3.54. The van der Waals surface area contributed by atoms with Crippen LogP contribution in [-0.4, -0.2) is 23.2 Å². The van der Waals surface area contributed by atoms with Crippen LogP contribution in [0, 0.1) is 4.37 Å². The van der Waals surface area contributed by atoms with Gasteiger partial charge in [-0.15, -0.1) is 0 Å². The maximum atomic E-state index is 5.94. The third kappa shape index (κ3) is 6.76. The molecule has 1 aliphatic rings. The molecule has 0 radical (unpaired) electrons. The quantitative estimate of drug-likeness (QED) is 0.110. The molecule has 0 unspecified atom stereocenters. The van der Waals surface area contributed by atoms with Crippen molar-refractivity contribution in [3.63, 3.8) is 0 Å². The summed E-state index contributed by atoms with van der Waals surface area (Å²) >= 11 is 5.16. The van der Waals surface area contributed by atoms with Crippen molar-refractivity contribution in [2.24, 2.45) is 0 Å². The fourth-order valence-electron chi connectivity index (χ4n) is 5.60. The second-order valence-electron chi connectivity index (χ2n) is 10.5. The molecule has 0 aliphatic carbocycles. The average Bonchev–Trinajstić information content (AvgIpc) is 3.89. The van der Waals surface area contributed by atoms with E-state index in [0.717, 1.165) is 25.3 Å². The molecule has 1 fully saturated rings. The molecule has 0 N–H and O–H groups in total. The van der Waals surface area contributed by atoms with Gasteiger partial charge >= 0.3 is 279 Å². The molecular formula is C39H33N2OOsPS2+. The predicted octanol–water partition coefficient (Wildman–Crippen LogP) is 8.97. The molecule has 2 aromatic heterocycles. The molecule has 0 spiro atoms. The van der Waals surface area contributed by atoms with Crippen LogP contribution in [0.1, 0.15) is 23.9 Å². The minimum atomic E-state index is -2.38. The third-order valence-electron chi connectivity index (χ3n) is 7.73. The number of thiazole rings is 2. The fourth-order valence-corrected chi connectivity index (χ4v) is 13.2. The van der Waals surface area contributed by atoms with Crippen molar-refractivity contribution >= 4 is 58.0 Å². The third-order valence-corrected chi connectivity index (χ3v) is 15.3. The molecule has 6 rings (SSSR count). The Morgan fingerprint density at radius 2 is 1.24 bits per heavy atom. The monoisotopic (exact) mass is 832 g/mol. The molecule has 0 saturated carbocycles. The zero-order chi connectivity index (χ0) is 31.8. The Bertz CT molecular complexity index is 1900. The molecule has 3 aromatic carbocycles. The zero-order valence-electron chi connectivity index (χ0n) is 25.6. The fraction of sp³-hybridized carbons (Fsp3) is 0.103. The Labute approximate surface area is 289 Å². The summed E-state index contributed by atoms with van der Waals surface area (Å²) < 4.78 is 9.73. The Morgan fingerprint density at radius 1 is 0.739 bits per heavy atom. The number of hydrogen-bond acceptors (Lipinski definition) is 5. The van der Waals surface area contributed by atoms with E-state index < -0.39 is 7.26 Å². The first-order chi connectivity index (χ1) is 22.7. The molecule has 46 heavy (non-hydrogen) atoms. The summed E-state index contributed by atoms with van der Waals surface area (Å²) in [4.78, 5) is 11.6. The van der Waals surface area contributed by atoms with Crippen LogP contribution in [-0.2, 0) is 22.7 Å². The molecule has 7 heteroatoms. The van der Waals surface area contributed by atoms with E-state index in [0.29, 0.717) is 13.2 Å². The number of ether oxygens (including phenoxy) is 1. The van der Waals surface area contributed by atoms with Gasteiger partial charge in [-0.05, 0) is 6.92 Å². The molecule has 0 amide bonds. The van der Waals surface area contributed by atoms with Crippen LogP contribution in [0.4, 0.5) is 0 Å². The second kappa shape index (κ2) is 15.3. The molecule has 3 nitrogen and oxygen atoms in total. The topological polar surface area (TPSA) is 35.0 Å². The van der Waals surface area contributed by atoms with Crippen molar-refractivity contribution in [2.45, 2.75) is 13.8 Å². The van der Waals surface area contributed by atoms with E-state index in [1.165, 1.54) is 32.4 Å². The summed E-state index contributed by atoms with van der Waals surface area (Å²) in [5, 5.41) is 7.01. The van der Waals surface area contributed by atoms with E-state index in [1.807, 2.05) is 31.5 Å². The first kappa shape index (κ1) is 32.4. The van der Waals surface area contributed by atoms with Gasteiger partial charge in [0, 0.05) is 0 Å². The van der Waals surface area contributed by atoms with Crippen molar-refractivity contribution in [1.82, 2.24) is 9.97 Å². The maximum absolute atomic E-state index is 5.94. The second-order valence-corrected chi connectivity index (χ2v) is 16.6. The van der Waals surface area contributed by atoms with Crippen LogP contribution in [0.25, 0.3) is 21.9 Å². The first-order valence-electron chi connectivity index (χ1n) is 15.0. The van der Waals surface area contributed by atoms with E-state index >= 15 is 0 Å². The molecule has 5 aromatic rings. The van der Waals surface area contributed by atoms with Gasteiger partial charge in [0.15, 0.2) is 0 Å². The van der Waals surface area contributed by atoms with E-state index in [2.05, 4.69) is 132 Å². The van der Waals surface area contributed by atoms with Gasteiger partial charge in [-0.2, -0.15) is 0 Å². The van der Waals surface area contributed by atoms with Gasteiger partial charge in [-0.3, -0.25) is 0 Å². The molecule has 0 bridgehead atoms. The van der Waals surface area contributed by atoms with Gasteiger partial charge in [0.25, 0.3) is 0 Å². The van der Waals surface area contributed by atoms with Gasteiger partial charge in [-0.1, -0.05) is 6.08 Å². The average molecular weight is 831 g/mol. The molecule has 1 saturated heterocycles. The number of hydrogen-bond donors (Lipinski definition) is 0. The number of rotatable bonds is 9. The standard InChI is InChI=1S/C39H33N2OPS2.Os/c1-4-15-38-40-25-36(44-38)37-26-41-39(45-37)23-22-31(24-32-28-42-27-30(32)5-2)29(3)43(33-16-9-6-10-17-33,34-18-11-7-12-19-34)35-20-13-8-14-21-35;/h4-26H,27-28H2,1-2H3;/q+1;/b15-4+,23-22+,30-5?,31-29?,32-24?;. The van der Waals surface area contributed by atoms with Gasteiger partial charge < -0.3 is 0 Å². The first-order valence-corrected chi connectivity index (χ1v) is 19.7. The van der Waals surface area contributed by atoms with Gasteiger partial charge in [-0.25, -0.2) is 0 Å². The number of allylic oxidation sites excluding steroid dienone is 6. The molecule has 1 aliphatic heterocycles. The van der Waals surface area contributed by atoms with E-state index in [9.17, 15) is 0 Å². The Hall–Kier alpha value is -3.57. The van der Waals surface area contributed by atoms with Crippen LogP contribution >= 0.6 is 29.9 Å². The van der Waals surface area contributed by atoms with Crippen molar-refractivity contribution < 1.29 is 22.7 Å². The SMILES string of the molecule is CC=C1COCC1=CC(/C=C/c1ncc(-c2cnc(/C=C/C)s2)s1)=C([C]#[Os])[P+](c1ccccc1)(c1ccccc1)c1ccccc1. The normalized spacial score (nSPS) is 16.0. The van der Waals surface area contributed by atoms with Crippen molar-refractivity contribution in [3.8, 4) is 14.1 Å². The van der Waals surface area contributed by atoms with Crippen molar-refractivity contribution in [2.75, 3.05) is 13.2 Å².